The Morgan fingerprint density at radius 1 is 1.37 bits per heavy atom. The van der Waals surface area contributed by atoms with Gasteiger partial charge in [-0.05, 0) is 44.4 Å². The van der Waals surface area contributed by atoms with Crippen LogP contribution in [0.1, 0.15) is 43.0 Å². The highest BCUT2D eigenvalue weighted by Gasteiger charge is 2.30. The summed E-state index contributed by atoms with van der Waals surface area (Å²) in [5.74, 6) is -0.986. The quantitative estimate of drug-likeness (QED) is 0.783. The van der Waals surface area contributed by atoms with Crippen LogP contribution in [0.4, 0.5) is 10.1 Å². The van der Waals surface area contributed by atoms with Crippen molar-refractivity contribution in [1.82, 2.24) is 4.98 Å². The van der Waals surface area contributed by atoms with Crippen LogP contribution < -0.4 is 5.32 Å². The molecule has 2 aromatic rings. The van der Waals surface area contributed by atoms with E-state index in [0.29, 0.717) is 29.4 Å². The number of nitrogens with zero attached hydrogens (tertiary/aromatic N) is 1. The number of carbonyl (C=O) groups is 1. The lowest BCUT2D eigenvalue weighted by atomic mass is 9.94. The lowest BCUT2D eigenvalue weighted by molar-refractivity contribution is 0.0527. The van der Waals surface area contributed by atoms with Crippen molar-refractivity contribution in [1.29, 1.82) is 0 Å². The number of fused-ring (bicyclic) bond motifs is 1. The maximum absolute atomic E-state index is 13.8. The van der Waals surface area contributed by atoms with Crippen molar-refractivity contribution in [3.05, 3.63) is 35.8 Å². The highest BCUT2D eigenvalue weighted by Crippen LogP contribution is 2.32. The summed E-state index contributed by atoms with van der Waals surface area (Å²) in [5, 5.41) is 3.35. The van der Waals surface area contributed by atoms with E-state index in [2.05, 4.69) is 10.3 Å². The first-order chi connectivity index (χ1) is 12.8. The predicted octanol–water partition coefficient (Wildman–Crippen LogP) is 3.32. The first-order valence-corrected chi connectivity index (χ1v) is 11.0. The fourth-order valence-electron chi connectivity index (χ4n) is 3.55. The number of hydrogen-bond acceptors (Lipinski definition) is 6. The minimum atomic E-state index is -3.14. The summed E-state index contributed by atoms with van der Waals surface area (Å²) in [4.78, 5) is 16.6. The Morgan fingerprint density at radius 2 is 2.15 bits per heavy atom. The van der Waals surface area contributed by atoms with E-state index in [1.807, 2.05) is 0 Å². The van der Waals surface area contributed by atoms with Crippen molar-refractivity contribution in [2.75, 3.05) is 18.2 Å². The number of rotatable bonds is 5. The van der Waals surface area contributed by atoms with Crippen LogP contribution in [0.15, 0.2) is 24.4 Å². The fourth-order valence-corrected chi connectivity index (χ4v) is 4.73. The zero-order valence-corrected chi connectivity index (χ0v) is 16.2. The summed E-state index contributed by atoms with van der Waals surface area (Å²) in [6, 6.07) is 4.04. The van der Waals surface area contributed by atoms with Crippen molar-refractivity contribution in [2.45, 2.75) is 43.9 Å². The fraction of sp³-hybridized carbons (Fsp3) is 0.474. The molecule has 2 unspecified atom stereocenters. The molecule has 2 atom stereocenters. The van der Waals surface area contributed by atoms with Gasteiger partial charge < -0.3 is 10.1 Å². The van der Waals surface area contributed by atoms with Gasteiger partial charge in [-0.1, -0.05) is 6.42 Å². The second-order valence-electron chi connectivity index (χ2n) is 6.89. The van der Waals surface area contributed by atoms with Gasteiger partial charge in [-0.15, -0.1) is 0 Å². The molecular formula is C19H23FN2O4S. The Labute approximate surface area is 158 Å². The van der Waals surface area contributed by atoms with Crippen molar-refractivity contribution >= 4 is 32.4 Å². The largest absolute Gasteiger partial charge is 0.462 e. The zero-order valence-electron chi connectivity index (χ0n) is 15.4. The molecule has 0 aliphatic heterocycles. The van der Waals surface area contributed by atoms with Crippen LogP contribution in [0, 0.1) is 5.82 Å². The number of nitrogens with one attached hydrogen (secondary N) is 1. The van der Waals surface area contributed by atoms with E-state index in [-0.39, 0.29) is 18.2 Å². The number of hydrogen-bond donors (Lipinski definition) is 1. The topological polar surface area (TPSA) is 85.4 Å². The molecule has 3 rings (SSSR count). The van der Waals surface area contributed by atoms with E-state index < -0.39 is 26.9 Å². The lowest BCUT2D eigenvalue weighted by Gasteiger charge is -2.30. The summed E-state index contributed by atoms with van der Waals surface area (Å²) >= 11 is 0. The molecule has 1 N–H and O–H groups in total. The Balaban J connectivity index is 2.01. The normalized spacial score (nSPS) is 20.4. The minimum absolute atomic E-state index is 0.138. The molecule has 8 heteroatoms. The van der Waals surface area contributed by atoms with Gasteiger partial charge in [0.25, 0.3) is 0 Å². The Bertz CT molecular complexity index is 962. The lowest BCUT2D eigenvalue weighted by Crippen LogP contribution is -2.34. The van der Waals surface area contributed by atoms with Crippen LogP contribution in [0.5, 0.6) is 0 Å². The molecule has 146 valence electrons. The molecule has 0 bridgehead atoms. The van der Waals surface area contributed by atoms with Crippen LogP contribution >= 0.6 is 0 Å². The van der Waals surface area contributed by atoms with Gasteiger partial charge in [-0.2, -0.15) is 0 Å². The number of halogens is 1. The Morgan fingerprint density at radius 3 is 2.85 bits per heavy atom. The number of sulfone groups is 1. The summed E-state index contributed by atoms with van der Waals surface area (Å²) in [6.07, 6.45) is 5.28. The van der Waals surface area contributed by atoms with Crippen molar-refractivity contribution < 1.29 is 22.3 Å². The summed E-state index contributed by atoms with van der Waals surface area (Å²) in [6.45, 7) is 1.91. The maximum atomic E-state index is 13.8. The van der Waals surface area contributed by atoms with E-state index in [1.165, 1.54) is 24.6 Å². The third-order valence-electron chi connectivity index (χ3n) is 4.91. The number of benzene rings is 1. The molecule has 0 radical (unpaired) electrons. The SMILES string of the molecule is CCOC(=O)c1cnc2ccc(F)cc2c1NC1CCCC(S(C)(=O)=O)C1. The van der Waals surface area contributed by atoms with Crippen LogP contribution in [0.25, 0.3) is 10.9 Å². The number of anilines is 1. The smallest absolute Gasteiger partial charge is 0.341 e. The van der Waals surface area contributed by atoms with Gasteiger partial charge in [0.05, 0.1) is 23.1 Å². The number of esters is 1. The zero-order chi connectivity index (χ0) is 19.6. The van der Waals surface area contributed by atoms with Crippen LogP contribution in [0.2, 0.25) is 0 Å². The van der Waals surface area contributed by atoms with Gasteiger partial charge in [0.2, 0.25) is 0 Å². The summed E-state index contributed by atoms with van der Waals surface area (Å²) in [5.41, 5.74) is 1.20. The van der Waals surface area contributed by atoms with E-state index >= 15 is 0 Å². The van der Waals surface area contributed by atoms with Gasteiger partial charge >= 0.3 is 5.97 Å². The van der Waals surface area contributed by atoms with Gasteiger partial charge in [-0.3, -0.25) is 4.98 Å². The summed E-state index contributed by atoms with van der Waals surface area (Å²) in [7, 11) is -3.14. The van der Waals surface area contributed by atoms with E-state index in [4.69, 9.17) is 4.74 Å². The van der Waals surface area contributed by atoms with Gasteiger partial charge in [0.1, 0.15) is 21.2 Å². The molecule has 1 aliphatic carbocycles. The number of carbonyl (C=O) groups excluding carboxylic acids is 1. The molecule has 0 saturated heterocycles. The first-order valence-electron chi connectivity index (χ1n) is 9.00. The Hall–Kier alpha value is -2.22. The summed E-state index contributed by atoms with van der Waals surface area (Å²) < 4.78 is 42.8. The number of aromatic nitrogens is 1. The molecule has 1 aliphatic rings. The molecule has 0 spiro atoms. The van der Waals surface area contributed by atoms with Gasteiger partial charge in [0, 0.05) is 23.9 Å². The molecule has 0 amide bonds. The molecule has 1 saturated carbocycles. The molecule has 1 aromatic carbocycles. The molecule has 1 fully saturated rings. The second-order valence-corrected chi connectivity index (χ2v) is 9.21. The average Bonchev–Trinajstić information content (AvgIpc) is 2.62. The molecule has 27 heavy (non-hydrogen) atoms. The van der Waals surface area contributed by atoms with Crippen molar-refractivity contribution in [3.8, 4) is 0 Å². The third-order valence-corrected chi connectivity index (χ3v) is 6.54. The minimum Gasteiger partial charge on any atom is -0.462 e. The van der Waals surface area contributed by atoms with E-state index in [9.17, 15) is 17.6 Å². The standard InChI is InChI=1S/C19H23FN2O4S/c1-3-26-19(23)16-11-21-17-8-7-12(20)9-15(17)18(16)22-13-5-4-6-14(10-13)27(2,24)25/h7-9,11,13-14H,3-6,10H2,1-2H3,(H,21,22). The highest BCUT2D eigenvalue weighted by molar-refractivity contribution is 7.91. The van der Waals surface area contributed by atoms with Crippen molar-refractivity contribution in [3.63, 3.8) is 0 Å². The van der Waals surface area contributed by atoms with E-state index in [0.717, 1.165) is 12.8 Å². The Kier molecular flexibility index (Phi) is 5.64. The van der Waals surface area contributed by atoms with Crippen molar-refractivity contribution in [2.24, 2.45) is 0 Å². The van der Waals surface area contributed by atoms with Crippen LogP contribution in [-0.4, -0.2) is 43.5 Å². The van der Waals surface area contributed by atoms with Crippen LogP contribution in [0.3, 0.4) is 0 Å². The van der Waals surface area contributed by atoms with Gasteiger partial charge in [0.15, 0.2) is 0 Å². The number of ether oxygens (including phenoxy) is 1. The number of pyridine rings is 1. The van der Waals surface area contributed by atoms with E-state index in [1.54, 1.807) is 13.0 Å². The molecule has 6 nitrogen and oxygen atoms in total. The molecule has 1 heterocycles. The maximum Gasteiger partial charge on any atom is 0.341 e. The highest BCUT2D eigenvalue weighted by atomic mass is 32.2. The van der Waals surface area contributed by atoms with Gasteiger partial charge in [-0.25, -0.2) is 17.6 Å². The monoisotopic (exact) mass is 394 g/mol. The third kappa shape index (κ3) is 4.37. The second kappa shape index (κ2) is 7.80. The average molecular weight is 394 g/mol. The first kappa shape index (κ1) is 19.5. The predicted molar refractivity (Wildman–Crippen MR) is 102 cm³/mol. The molecular weight excluding hydrogens is 371 g/mol. The molecule has 1 aromatic heterocycles. The van der Waals surface area contributed by atoms with Crippen LogP contribution in [-0.2, 0) is 14.6 Å².